The van der Waals surface area contributed by atoms with Gasteiger partial charge in [-0.2, -0.15) is 8.78 Å². The summed E-state index contributed by atoms with van der Waals surface area (Å²) in [7, 11) is 0. The first kappa shape index (κ1) is 16.6. The van der Waals surface area contributed by atoms with Crippen LogP contribution in [0.15, 0.2) is 0 Å². The predicted molar refractivity (Wildman–Crippen MR) is 56.5 cm³/mol. The second-order valence-corrected chi connectivity index (χ2v) is 5.33. The van der Waals surface area contributed by atoms with Gasteiger partial charge in [-0.15, -0.1) is 0 Å². The number of ether oxygens (including phenoxy) is 1. The van der Waals surface area contributed by atoms with E-state index in [1.165, 1.54) is 0 Å². The van der Waals surface area contributed by atoms with E-state index in [1.807, 2.05) is 20.8 Å². The molecule has 0 saturated heterocycles. The van der Waals surface area contributed by atoms with E-state index in [9.17, 15) is 22.7 Å². The highest BCUT2D eigenvalue weighted by molar-refractivity contribution is 4.69. The molecule has 17 heavy (non-hydrogen) atoms. The fraction of sp³-hybridized carbons (Fsp3) is 1.00. The average Bonchev–Trinajstić information content (AvgIpc) is 2.13. The van der Waals surface area contributed by atoms with E-state index in [-0.39, 0.29) is 12.0 Å². The van der Waals surface area contributed by atoms with Gasteiger partial charge in [-0.05, 0) is 18.3 Å². The topological polar surface area (TPSA) is 29.5 Å². The lowest BCUT2D eigenvalue weighted by Crippen LogP contribution is -2.33. The van der Waals surface area contributed by atoms with E-state index >= 15 is 0 Å². The number of hydrogen-bond acceptors (Lipinski definition) is 2. The van der Waals surface area contributed by atoms with Gasteiger partial charge in [0.05, 0.1) is 12.7 Å². The smallest absolute Gasteiger partial charge is 0.330 e. The van der Waals surface area contributed by atoms with Crippen molar-refractivity contribution in [3.05, 3.63) is 0 Å². The molecule has 0 heterocycles. The Morgan fingerprint density at radius 3 is 2.12 bits per heavy atom. The zero-order valence-corrected chi connectivity index (χ0v) is 10.4. The van der Waals surface area contributed by atoms with E-state index in [2.05, 4.69) is 4.74 Å². The van der Waals surface area contributed by atoms with Crippen molar-refractivity contribution in [3.8, 4) is 0 Å². The van der Waals surface area contributed by atoms with E-state index in [1.54, 1.807) is 0 Å². The van der Waals surface area contributed by atoms with Crippen molar-refractivity contribution in [2.75, 3.05) is 13.2 Å². The SMILES string of the molecule is CC(C)(C)CCC(O)COCC(F)(F)C(F)F. The molecular formula is C11H20F4O2. The van der Waals surface area contributed by atoms with Crippen LogP contribution in [0.25, 0.3) is 0 Å². The van der Waals surface area contributed by atoms with Crippen molar-refractivity contribution in [2.24, 2.45) is 5.41 Å². The Morgan fingerprint density at radius 2 is 1.71 bits per heavy atom. The largest absolute Gasteiger partial charge is 0.391 e. The fourth-order valence-electron chi connectivity index (χ4n) is 1.08. The number of alkyl halides is 4. The first-order chi connectivity index (χ1) is 7.54. The van der Waals surface area contributed by atoms with Crippen LogP contribution in [-0.4, -0.2) is 36.8 Å². The normalized spacial score (nSPS) is 15.4. The molecule has 6 heteroatoms. The first-order valence-corrected chi connectivity index (χ1v) is 5.46. The summed E-state index contributed by atoms with van der Waals surface area (Å²) in [6, 6.07) is 0. The van der Waals surface area contributed by atoms with Crippen molar-refractivity contribution >= 4 is 0 Å². The Balaban J connectivity index is 3.75. The molecule has 0 radical (unpaired) electrons. The highest BCUT2D eigenvalue weighted by Gasteiger charge is 2.41. The van der Waals surface area contributed by atoms with Gasteiger partial charge in [-0.25, -0.2) is 8.78 Å². The van der Waals surface area contributed by atoms with Crippen molar-refractivity contribution in [3.63, 3.8) is 0 Å². The van der Waals surface area contributed by atoms with Crippen LogP contribution in [0.5, 0.6) is 0 Å². The highest BCUT2D eigenvalue weighted by atomic mass is 19.3. The van der Waals surface area contributed by atoms with Crippen LogP contribution in [0.4, 0.5) is 17.6 Å². The van der Waals surface area contributed by atoms with Crippen LogP contribution in [0.1, 0.15) is 33.6 Å². The minimum Gasteiger partial charge on any atom is -0.391 e. The van der Waals surface area contributed by atoms with Crippen molar-refractivity contribution in [1.82, 2.24) is 0 Å². The Morgan fingerprint density at radius 1 is 1.18 bits per heavy atom. The van der Waals surface area contributed by atoms with Gasteiger partial charge in [0.1, 0.15) is 6.61 Å². The molecule has 2 nitrogen and oxygen atoms in total. The molecule has 1 N–H and O–H groups in total. The third-order valence-corrected chi connectivity index (χ3v) is 2.15. The fourth-order valence-corrected chi connectivity index (χ4v) is 1.08. The molecule has 0 fully saturated rings. The number of aliphatic hydroxyl groups excluding tert-OH is 1. The molecule has 1 atom stereocenters. The van der Waals surface area contributed by atoms with Crippen LogP contribution < -0.4 is 0 Å². The van der Waals surface area contributed by atoms with Crippen LogP contribution in [0.2, 0.25) is 0 Å². The number of halogens is 4. The van der Waals surface area contributed by atoms with Gasteiger partial charge >= 0.3 is 12.3 Å². The van der Waals surface area contributed by atoms with Gasteiger partial charge in [-0.1, -0.05) is 20.8 Å². The summed E-state index contributed by atoms with van der Waals surface area (Å²) in [6.45, 7) is 4.22. The van der Waals surface area contributed by atoms with Gasteiger partial charge in [0.2, 0.25) is 0 Å². The molecule has 1 unspecified atom stereocenters. The second-order valence-electron chi connectivity index (χ2n) is 5.33. The predicted octanol–water partition coefficient (Wildman–Crippen LogP) is 3.09. The molecular weight excluding hydrogens is 240 g/mol. The average molecular weight is 260 g/mol. The van der Waals surface area contributed by atoms with Crippen molar-refractivity contribution in [2.45, 2.75) is 52.1 Å². The molecule has 0 amide bonds. The maximum Gasteiger partial charge on any atom is 0.330 e. The maximum atomic E-state index is 12.4. The molecule has 0 aliphatic heterocycles. The Hall–Kier alpha value is -0.360. The van der Waals surface area contributed by atoms with Gasteiger partial charge in [0.15, 0.2) is 0 Å². The summed E-state index contributed by atoms with van der Waals surface area (Å²) in [5.74, 6) is -4.15. The number of rotatable bonds is 7. The van der Waals surface area contributed by atoms with E-state index < -0.39 is 25.1 Å². The Bertz CT molecular complexity index is 214. The van der Waals surface area contributed by atoms with Crippen LogP contribution in [-0.2, 0) is 4.74 Å². The summed E-state index contributed by atoms with van der Waals surface area (Å²) in [6.07, 6.45) is -3.55. The summed E-state index contributed by atoms with van der Waals surface area (Å²) >= 11 is 0. The van der Waals surface area contributed by atoms with Crippen LogP contribution >= 0.6 is 0 Å². The van der Waals surface area contributed by atoms with Gasteiger partial charge in [0.25, 0.3) is 0 Å². The summed E-state index contributed by atoms with van der Waals surface area (Å²) < 4.78 is 52.7. The Kier molecular flexibility index (Phi) is 6.40. The van der Waals surface area contributed by atoms with E-state index in [0.29, 0.717) is 12.8 Å². The lowest BCUT2D eigenvalue weighted by Gasteiger charge is -2.21. The lowest BCUT2D eigenvalue weighted by molar-refractivity contribution is -0.170. The molecule has 0 spiro atoms. The quantitative estimate of drug-likeness (QED) is 0.713. The molecule has 0 aliphatic rings. The van der Waals surface area contributed by atoms with Gasteiger partial charge < -0.3 is 9.84 Å². The van der Waals surface area contributed by atoms with Crippen molar-refractivity contribution in [1.29, 1.82) is 0 Å². The monoisotopic (exact) mass is 260 g/mol. The molecule has 0 aromatic carbocycles. The van der Waals surface area contributed by atoms with Gasteiger partial charge in [0, 0.05) is 0 Å². The molecule has 0 rings (SSSR count). The van der Waals surface area contributed by atoms with E-state index in [4.69, 9.17) is 0 Å². The minimum atomic E-state index is -4.15. The summed E-state index contributed by atoms with van der Waals surface area (Å²) in [5.41, 5.74) is 0.0217. The first-order valence-electron chi connectivity index (χ1n) is 5.46. The lowest BCUT2D eigenvalue weighted by atomic mass is 9.89. The molecule has 0 aromatic rings. The molecule has 0 aromatic heterocycles. The zero-order chi connectivity index (χ0) is 13.7. The van der Waals surface area contributed by atoms with Crippen LogP contribution in [0.3, 0.4) is 0 Å². The third kappa shape index (κ3) is 8.37. The highest BCUT2D eigenvalue weighted by Crippen LogP contribution is 2.24. The molecule has 0 bridgehead atoms. The summed E-state index contributed by atoms with van der Waals surface area (Å²) in [4.78, 5) is 0. The van der Waals surface area contributed by atoms with Crippen molar-refractivity contribution < 1.29 is 27.4 Å². The zero-order valence-electron chi connectivity index (χ0n) is 10.4. The van der Waals surface area contributed by atoms with E-state index in [0.717, 1.165) is 0 Å². The molecule has 0 saturated carbocycles. The maximum absolute atomic E-state index is 12.4. The van der Waals surface area contributed by atoms with Gasteiger partial charge in [-0.3, -0.25) is 0 Å². The Labute approximate surface area is 99.0 Å². The molecule has 104 valence electrons. The third-order valence-electron chi connectivity index (χ3n) is 2.15. The molecule has 0 aliphatic carbocycles. The standard InChI is InChI=1S/C11H20F4O2/c1-10(2,3)5-4-8(16)6-17-7-11(14,15)9(12)13/h8-9,16H,4-7H2,1-3H3. The number of aliphatic hydroxyl groups is 1. The van der Waals surface area contributed by atoms with Crippen LogP contribution in [0, 0.1) is 5.41 Å². The number of hydrogen-bond donors (Lipinski definition) is 1. The summed E-state index contributed by atoms with van der Waals surface area (Å²) in [5, 5.41) is 9.39. The minimum absolute atomic E-state index is 0.0217. The second kappa shape index (κ2) is 6.54.